The predicted octanol–water partition coefficient (Wildman–Crippen LogP) is 2.37. The van der Waals surface area contributed by atoms with Crippen LogP contribution in [0.25, 0.3) is 0 Å². The van der Waals surface area contributed by atoms with Gasteiger partial charge in [0.2, 0.25) is 0 Å². The number of rotatable bonds is 2. The lowest BCUT2D eigenvalue weighted by Crippen LogP contribution is -2.16. The highest BCUT2D eigenvalue weighted by atomic mass is 19.4. The molecular formula is C9H6F5N3. The Morgan fingerprint density at radius 2 is 2.00 bits per heavy atom. The van der Waals surface area contributed by atoms with Crippen molar-refractivity contribution in [2.45, 2.75) is 19.1 Å². The molecule has 0 aliphatic rings. The normalized spacial score (nSPS) is 11.6. The van der Waals surface area contributed by atoms with Crippen molar-refractivity contribution in [1.29, 1.82) is 5.26 Å². The molecule has 0 spiro atoms. The topological polar surface area (TPSA) is 62.7 Å². The average molecular weight is 251 g/mol. The minimum atomic E-state index is -4.98. The van der Waals surface area contributed by atoms with Gasteiger partial charge in [-0.2, -0.15) is 18.4 Å². The summed E-state index contributed by atoms with van der Waals surface area (Å²) in [5.41, 5.74) is 1.00. The fraction of sp³-hybridized carbons (Fsp3) is 0.333. The molecule has 92 valence electrons. The van der Waals surface area contributed by atoms with Crippen molar-refractivity contribution in [1.82, 2.24) is 4.98 Å². The van der Waals surface area contributed by atoms with Crippen molar-refractivity contribution in [2.24, 2.45) is 5.73 Å². The van der Waals surface area contributed by atoms with Crippen LogP contribution in [0, 0.1) is 11.3 Å². The molecule has 0 amide bonds. The van der Waals surface area contributed by atoms with E-state index in [1.807, 2.05) is 0 Å². The minimum Gasteiger partial charge on any atom is -0.325 e. The Morgan fingerprint density at radius 1 is 1.41 bits per heavy atom. The Labute approximate surface area is 92.7 Å². The summed E-state index contributed by atoms with van der Waals surface area (Å²) in [7, 11) is 0. The molecule has 0 bridgehead atoms. The van der Waals surface area contributed by atoms with Crippen molar-refractivity contribution >= 4 is 0 Å². The highest BCUT2D eigenvalue weighted by Crippen LogP contribution is 2.37. The summed E-state index contributed by atoms with van der Waals surface area (Å²) in [6, 6.07) is 1.66. The fourth-order valence-corrected chi connectivity index (χ4v) is 1.30. The maximum atomic E-state index is 12.6. The van der Waals surface area contributed by atoms with E-state index >= 15 is 0 Å². The Balaban J connectivity index is 3.60. The quantitative estimate of drug-likeness (QED) is 0.820. The number of alkyl halides is 5. The molecule has 17 heavy (non-hydrogen) atoms. The molecule has 0 fully saturated rings. The standard InChI is InChI=1S/C9H6F5N3/c10-8(11)7-5(9(12,13)14)1-4(2-15)17-6(7)3-16/h1,8H,3,16H2. The third-order valence-corrected chi connectivity index (χ3v) is 1.97. The minimum absolute atomic E-state index is 0.292. The highest BCUT2D eigenvalue weighted by Gasteiger charge is 2.38. The molecule has 1 heterocycles. The Bertz CT molecular complexity index is 461. The van der Waals surface area contributed by atoms with Gasteiger partial charge in [0.15, 0.2) is 0 Å². The molecule has 1 rings (SSSR count). The monoisotopic (exact) mass is 251 g/mol. The smallest absolute Gasteiger partial charge is 0.325 e. The zero-order valence-corrected chi connectivity index (χ0v) is 8.22. The molecule has 3 nitrogen and oxygen atoms in total. The van der Waals surface area contributed by atoms with Crippen LogP contribution >= 0.6 is 0 Å². The Morgan fingerprint density at radius 3 is 2.35 bits per heavy atom. The highest BCUT2D eigenvalue weighted by molar-refractivity contribution is 5.39. The van der Waals surface area contributed by atoms with Crippen LogP contribution in [0.4, 0.5) is 22.0 Å². The third-order valence-electron chi connectivity index (χ3n) is 1.97. The van der Waals surface area contributed by atoms with E-state index < -0.39 is 41.7 Å². The number of hydrogen-bond donors (Lipinski definition) is 1. The van der Waals surface area contributed by atoms with Crippen molar-refractivity contribution in [3.8, 4) is 6.07 Å². The Kier molecular flexibility index (Phi) is 3.63. The summed E-state index contributed by atoms with van der Waals surface area (Å²) >= 11 is 0. The Hall–Kier alpha value is -1.75. The first-order chi connectivity index (χ1) is 7.81. The first kappa shape index (κ1) is 13.3. The number of nitrogens with two attached hydrogens (primary N) is 1. The van der Waals surface area contributed by atoms with E-state index in [0.717, 1.165) is 0 Å². The molecule has 0 aliphatic heterocycles. The van der Waals surface area contributed by atoms with Crippen LogP contribution < -0.4 is 5.73 Å². The first-order valence-corrected chi connectivity index (χ1v) is 4.30. The number of nitrogens with zero attached hydrogens (tertiary/aromatic N) is 2. The number of pyridine rings is 1. The van der Waals surface area contributed by atoms with Crippen LogP contribution in [0.1, 0.15) is 28.9 Å². The van der Waals surface area contributed by atoms with Gasteiger partial charge in [-0.05, 0) is 6.07 Å². The van der Waals surface area contributed by atoms with Crippen LogP contribution in [0.2, 0.25) is 0 Å². The van der Waals surface area contributed by atoms with Gasteiger partial charge in [-0.25, -0.2) is 13.8 Å². The van der Waals surface area contributed by atoms with E-state index in [-0.39, 0.29) is 0 Å². The van der Waals surface area contributed by atoms with E-state index in [4.69, 9.17) is 11.0 Å². The molecule has 0 aromatic carbocycles. The molecule has 2 N–H and O–H groups in total. The molecule has 0 radical (unpaired) electrons. The van der Waals surface area contributed by atoms with Crippen LogP contribution in [0.5, 0.6) is 0 Å². The molecular weight excluding hydrogens is 245 g/mol. The molecule has 1 aromatic rings. The summed E-state index contributed by atoms with van der Waals surface area (Å²) in [5.74, 6) is 0. The molecule has 1 aromatic heterocycles. The van der Waals surface area contributed by atoms with Crippen molar-refractivity contribution in [3.63, 3.8) is 0 Å². The van der Waals surface area contributed by atoms with Crippen LogP contribution in [-0.4, -0.2) is 4.98 Å². The summed E-state index contributed by atoms with van der Waals surface area (Å²) in [6.07, 6.45) is -8.34. The van der Waals surface area contributed by atoms with Crippen molar-refractivity contribution in [3.05, 3.63) is 28.6 Å². The van der Waals surface area contributed by atoms with Gasteiger partial charge in [0.25, 0.3) is 6.43 Å². The second kappa shape index (κ2) is 4.63. The number of aromatic nitrogens is 1. The lowest BCUT2D eigenvalue weighted by atomic mass is 10.0. The first-order valence-electron chi connectivity index (χ1n) is 4.30. The van der Waals surface area contributed by atoms with Crippen molar-refractivity contribution in [2.75, 3.05) is 0 Å². The summed E-state index contributed by atoms with van der Waals surface area (Å²) < 4.78 is 62.7. The van der Waals surface area contributed by atoms with Crippen LogP contribution in [0.15, 0.2) is 6.07 Å². The van der Waals surface area contributed by atoms with Gasteiger partial charge in [-0.3, -0.25) is 0 Å². The van der Waals surface area contributed by atoms with Gasteiger partial charge in [0.1, 0.15) is 11.8 Å². The maximum absolute atomic E-state index is 12.6. The van der Waals surface area contributed by atoms with E-state index in [9.17, 15) is 22.0 Å². The average Bonchev–Trinajstić information content (AvgIpc) is 2.25. The zero-order valence-electron chi connectivity index (χ0n) is 8.22. The molecule has 0 unspecified atom stereocenters. The van der Waals surface area contributed by atoms with Gasteiger partial charge >= 0.3 is 6.18 Å². The summed E-state index contributed by atoms with van der Waals surface area (Å²) in [6.45, 7) is -0.599. The van der Waals surface area contributed by atoms with Gasteiger partial charge < -0.3 is 5.73 Å². The molecule has 0 atom stereocenters. The van der Waals surface area contributed by atoms with Crippen LogP contribution in [0.3, 0.4) is 0 Å². The van der Waals surface area contributed by atoms with Gasteiger partial charge in [0, 0.05) is 6.54 Å². The van der Waals surface area contributed by atoms with Crippen LogP contribution in [-0.2, 0) is 12.7 Å². The van der Waals surface area contributed by atoms with Gasteiger partial charge in [0.05, 0.1) is 16.8 Å². The largest absolute Gasteiger partial charge is 0.417 e. The predicted molar refractivity (Wildman–Crippen MR) is 46.8 cm³/mol. The second-order valence-corrected chi connectivity index (χ2v) is 3.03. The van der Waals surface area contributed by atoms with Gasteiger partial charge in [-0.15, -0.1) is 0 Å². The molecule has 8 heteroatoms. The fourth-order valence-electron chi connectivity index (χ4n) is 1.30. The van der Waals surface area contributed by atoms with E-state index in [2.05, 4.69) is 4.98 Å². The second-order valence-electron chi connectivity index (χ2n) is 3.03. The third kappa shape index (κ3) is 2.68. The maximum Gasteiger partial charge on any atom is 0.417 e. The lowest BCUT2D eigenvalue weighted by molar-refractivity contribution is -0.139. The molecule has 0 saturated carbocycles. The summed E-state index contributed by atoms with van der Waals surface area (Å²) in [5, 5.41) is 8.47. The lowest BCUT2D eigenvalue weighted by Gasteiger charge is -2.15. The van der Waals surface area contributed by atoms with Crippen molar-refractivity contribution < 1.29 is 22.0 Å². The van der Waals surface area contributed by atoms with Gasteiger partial charge in [-0.1, -0.05) is 0 Å². The molecule has 0 saturated heterocycles. The zero-order chi connectivity index (χ0) is 13.2. The summed E-state index contributed by atoms with van der Waals surface area (Å²) in [4.78, 5) is 3.34. The van der Waals surface area contributed by atoms with E-state index in [1.54, 1.807) is 0 Å². The number of nitriles is 1. The van der Waals surface area contributed by atoms with E-state index in [0.29, 0.717) is 6.07 Å². The SMILES string of the molecule is N#Cc1cc(C(F)(F)F)c(C(F)F)c(CN)n1. The van der Waals surface area contributed by atoms with E-state index in [1.165, 1.54) is 6.07 Å². The molecule has 0 aliphatic carbocycles. The number of hydrogen-bond acceptors (Lipinski definition) is 3. The number of halogens is 5.